The molecule has 2 amide bonds. The van der Waals surface area contributed by atoms with E-state index in [9.17, 15) is 14.0 Å². The van der Waals surface area contributed by atoms with Crippen LogP contribution in [0, 0.1) is 5.82 Å². The zero-order valence-electron chi connectivity index (χ0n) is 12.2. The van der Waals surface area contributed by atoms with Crippen molar-refractivity contribution in [3.63, 3.8) is 0 Å². The summed E-state index contributed by atoms with van der Waals surface area (Å²) in [5.41, 5.74) is 0.540. The maximum Gasteiger partial charge on any atom is 0.251 e. The van der Waals surface area contributed by atoms with Gasteiger partial charge in [0, 0.05) is 11.6 Å². The summed E-state index contributed by atoms with van der Waals surface area (Å²) in [6.07, 6.45) is 0. The normalized spacial score (nSPS) is 10.0. The molecule has 0 atom stereocenters. The van der Waals surface area contributed by atoms with Crippen LogP contribution in [0.15, 0.2) is 42.5 Å². The van der Waals surface area contributed by atoms with Gasteiger partial charge in [0.05, 0.1) is 24.4 Å². The summed E-state index contributed by atoms with van der Waals surface area (Å²) in [6, 6.07) is 9.99. The van der Waals surface area contributed by atoms with Crippen LogP contribution in [0.25, 0.3) is 0 Å². The maximum atomic E-state index is 13.0. The van der Waals surface area contributed by atoms with Crippen molar-refractivity contribution in [3.05, 3.63) is 58.9 Å². The van der Waals surface area contributed by atoms with E-state index < -0.39 is 17.6 Å². The molecule has 0 radical (unpaired) electrons. The lowest BCUT2D eigenvalue weighted by Gasteiger charge is -2.09. The first-order chi connectivity index (χ1) is 11.0. The number of nitrogens with one attached hydrogen (secondary N) is 2. The zero-order chi connectivity index (χ0) is 16.8. The number of ether oxygens (including phenoxy) is 1. The Morgan fingerprint density at radius 2 is 2.00 bits per heavy atom. The minimum Gasteiger partial charge on any atom is -0.497 e. The van der Waals surface area contributed by atoms with E-state index in [0.717, 1.165) is 6.07 Å². The third-order valence-electron chi connectivity index (χ3n) is 2.95. The average molecular weight is 337 g/mol. The van der Waals surface area contributed by atoms with Crippen LogP contribution < -0.4 is 15.4 Å². The molecule has 0 heterocycles. The van der Waals surface area contributed by atoms with Gasteiger partial charge in [-0.15, -0.1) is 0 Å². The Balaban J connectivity index is 1.91. The van der Waals surface area contributed by atoms with Crippen LogP contribution in [0.2, 0.25) is 5.02 Å². The highest BCUT2D eigenvalue weighted by atomic mass is 35.5. The molecule has 0 fully saturated rings. The van der Waals surface area contributed by atoms with Crippen molar-refractivity contribution in [2.75, 3.05) is 19.0 Å². The number of halogens is 2. The standard InChI is InChI=1S/C16H14ClFN2O3/c1-23-12-5-6-14(13(17)8-12)20-15(21)9-19-16(22)10-3-2-4-11(18)7-10/h2-8H,9H2,1H3,(H,19,22)(H,20,21). The minimum atomic E-state index is -0.541. The molecule has 0 aliphatic heterocycles. The van der Waals surface area contributed by atoms with Gasteiger partial charge in [-0.05, 0) is 30.3 Å². The quantitative estimate of drug-likeness (QED) is 0.882. The number of hydrogen-bond donors (Lipinski definition) is 2. The molecule has 7 heteroatoms. The third-order valence-corrected chi connectivity index (χ3v) is 3.26. The predicted octanol–water partition coefficient (Wildman–Crippen LogP) is 2.86. The van der Waals surface area contributed by atoms with Gasteiger partial charge >= 0.3 is 0 Å². The first-order valence-corrected chi connectivity index (χ1v) is 7.04. The molecule has 2 aromatic carbocycles. The number of methoxy groups -OCH3 is 1. The molecule has 23 heavy (non-hydrogen) atoms. The Bertz CT molecular complexity index is 737. The molecule has 0 saturated carbocycles. The Hall–Kier alpha value is -2.60. The average Bonchev–Trinajstić information content (AvgIpc) is 2.54. The fourth-order valence-electron chi connectivity index (χ4n) is 1.81. The molecule has 0 aliphatic rings. The molecular formula is C16H14ClFN2O3. The second kappa shape index (κ2) is 7.60. The zero-order valence-corrected chi connectivity index (χ0v) is 13.0. The van der Waals surface area contributed by atoms with Gasteiger partial charge in [0.1, 0.15) is 11.6 Å². The van der Waals surface area contributed by atoms with Gasteiger partial charge in [0.25, 0.3) is 5.91 Å². The highest BCUT2D eigenvalue weighted by Crippen LogP contribution is 2.26. The van der Waals surface area contributed by atoms with Crippen LogP contribution in [0.5, 0.6) is 5.75 Å². The lowest BCUT2D eigenvalue weighted by atomic mass is 10.2. The molecule has 2 N–H and O–H groups in total. The summed E-state index contributed by atoms with van der Waals surface area (Å²) < 4.78 is 18.0. The van der Waals surface area contributed by atoms with Crippen LogP contribution in [0.4, 0.5) is 10.1 Å². The SMILES string of the molecule is COc1ccc(NC(=O)CNC(=O)c2cccc(F)c2)c(Cl)c1. The van der Waals surface area contributed by atoms with E-state index in [4.69, 9.17) is 16.3 Å². The van der Waals surface area contributed by atoms with Crippen molar-refractivity contribution in [2.45, 2.75) is 0 Å². The second-order valence-electron chi connectivity index (χ2n) is 4.59. The van der Waals surface area contributed by atoms with Gasteiger partial charge in [-0.3, -0.25) is 9.59 Å². The maximum absolute atomic E-state index is 13.0. The smallest absolute Gasteiger partial charge is 0.251 e. The molecular weight excluding hydrogens is 323 g/mol. The van der Waals surface area contributed by atoms with Gasteiger partial charge in [0.15, 0.2) is 0 Å². The molecule has 0 saturated heterocycles. The molecule has 0 aliphatic carbocycles. The Kier molecular flexibility index (Phi) is 5.54. The number of benzene rings is 2. The third kappa shape index (κ3) is 4.69. The highest BCUT2D eigenvalue weighted by Gasteiger charge is 2.10. The molecule has 0 unspecified atom stereocenters. The second-order valence-corrected chi connectivity index (χ2v) is 4.99. The monoisotopic (exact) mass is 336 g/mol. The van der Waals surface area contributed by atoms with Gasteiger partial charge in [-0.25, -0.2) is 4.39 Å². The van der Waals surface area contributed by atoms with Crippen LogP contribution in [-0.2, 0) is 4.79 Å². The van der Waals surface area contributed by atoms with Crippen LogP contribution >= 0.6 is 11.6 Å². The summed E-state index contributed by atoms with van der Waals surface area (Å²) >= 11 is 6.00. The summed E-state index contributed by atoms with van der Waals surface area (Å²) in [4.78, 5) is 23.6. The van der Waals surface area contributed by atoms with E-state index in [-0.39, 0.29) is 12.1 Å². The van der Waals surface area contributed by atoms with E-state index in [1.54, 1.807) is 18.2 Å². The van der Waals surface area contributed by atoms with E-state index in [1.165, 1.54) is 25.3 Å². The fraction of sp³-hybridized carbons (Fsp3) is 0.125. The van der Waals surface area contributed by atoms with Crippen molar-refractivity contribution in [1.29, 1.82) is 0 Å². The molecule has 5 nitrogen and oxygen atoms in total. The van der Waals surface area contributed by atoms with Crippen molar-refractivity contribution < 1.29 is 18.7 Å². The molecule has 2 aromatic rings. The van der Waals surface area contributed by atoms with Gasteiger partial charge < -0.3 is 15.4 Å². The predicted molar refractivity (Wildman–Crippen MR) is 85.4 cm³/mol. The number of rotatable bonds is 5. The van der Waals surface area contributed by atoms with Crippen LogP contribution in [0.1, 0.15) is 10.4 Å². The molecule has 120 valence electrons. The Labute approximate surface area is 137 Å². The molecule has 0 spiro atoms. The first kappa shape index (κ1) is 16.8. The van der Waals surface area contributed by atoms with Gasteiger partial charge in [-0.1, -0.05) is 17.7 Å². The summed E-state index contributed by atoms with van der Waals surface area (Å²) in [6.45, 7) is -0.266. The Morgan fingerprint density at radius 1 is 1.22 bits per heavy atom. The lowest BCUT2D eigenvalue weighted by Crippen LogP contribution is -2.32. The minimum absolute atomic E-state index is 0.139. The number of anilines is 1. The van der Waals surface area contributed by atoms with Crippen molar-refractivity contribution >= 4 is 29.1 Å². The molecule has 2 rings (SSSR count). The Morgan fingerprint density at radius 3 is 2.65 bits per heavy atom. The van der Waals surface area contributed by atoms with Crippen molar-refractivity contribution in [3.8, 4) is 5.75 Å². The van der Waals surface area contributed by atoms with Crippen molar-refractivity contribution in [2.24, 2.45) is 0 Å². The fourth-order valence-corrected chi connectivity index (χ4v) is 2.03. The first-order valence-electron chi connectivity index (χ1n) is 6.67. The van der Waals surface area contributed by atoms with E-state index in [2.05, 4.69) is 10.6 Å². The number of carbonyl (C=O) groups excluding carboxylic acids is 2. The lowest BCUT2D eigenvalue weighted by molar-refractivity contribution is -0.115. The van der Waals surface area contributed by atoms with Crippen LogP contribution in [-0.4, -0.2) is 25.5 Å². The summed E-state index contributed by atoms with van der Waals surface area (Å²) in [5.74, 6) is -0.957. The van der Waals surface area contributed by atoms with E-state index in [1.807, 2.05) is 0 Å². The summed E-state index contributed by atoms with van der Waals surface area (Å²) in [7, 11) is 1.51. The number of hydrogen-bond acceptors (Lipinski definition) is 3. The molecule has 0 bridgehead atoms. The van der Waals surface area contributed by atoms with Crippen LogP contribution in [0.3, 0.4) is 0 Å². The molecule has 0 aromatic heterocycles. The summed E-state index contributed by atoms with van der Waals surface area (Å²) in [5, 5.41) is 5.28. The highest BCUT2D eigenvalue weighted by molar-refractivity contribution is 6.33. The van der Waals surface area contributed by atoms with Crippen molar-refractivity contribution in [1.82, 2.24) is 5.32 Å². The van der Waals surface area contributed by atoms with Gasteiger partial charge in [0.2, 0.25) is 5.91 Å². The van der Waals surface area contributed by atoms with E-state index in [0.29, 0.717) is 16.5 Å². The van der Waals surface area contributed by atoms with E-state index >= 15 is 0 Å². The number of amides is 2. The number of carbonyl (C=O) groups is 2. The van der Waals surface area contributed by atoms with Gasteiger partial charge in [-0.2, -0.15) is 0 Å². The largest absolute Gasteiger partial charge is 0.497 e. The topological polar surface area (TPSA) is 67.4 Å².